The lowest BCUT2D eigenvalue weighted by Crippen LogP contribution is -2.44. The molecule has 0 saturated carbocycles. The number of rotatable bonds is 7. The number of nitrogens with one attached hydrogen (secondary N) is 2. The molecule has 0 aromatic heterocycles. The summed E-state index contributed by atoms with van der Waals surface area (Å²) < 4.78 is 0. The van der Waals surface area contributed by atoms with Gasteiger partial charge in [0.15, 0.2) is 5.96 Å². The van der Waals surface area contributed by atoms with E-state index < -0.39 is 0 Å². The number of carbonyl (C=O) groups is 1. The minimum absolute atomic E-state index is 0.318. The number of anilines is 1. The van der Waals surface area contributed by atoms with Crippen LogP contribution >= 0.6 is 0 Å². The lowest BCUT2D eigenvalue weighted by atomic mass is 10.2. The third-order valence-corrected chi connectivity index (χ3v) is 5.52. The Balaban J connectivity index is 1.44. The molecular weight excluding hydrogens is 350 g/mol. The average Bonchev–Trinajstić information content (AvgIpc) is 3.08. The summed E-state index contributed by atoms with van der Waals surface area (Å²) in [5.41, 5.74) is 1.29. The zero-order valence-electron chi connectivity index (χ0n) is 17.2. The fourth-order valence-corrected chi connectivity index (χ4v) is 3.99. The molecule has 2 aliphatic heterocycles. The molecule has 2 heterocycles. The van der Waals surface area contributed by atoms with Crippen molar-refractivity contribution in [1.82, 2.24) is 15.5 Å². The van der Waals surface area contributed by atoms with Crippen molar-refractivity contribution in [1.29, 1.82) is 0 Å². The highest BCUT2D eigenvalue weighted by atomic mass is 16.2. The summed E-state index contributed by atoms with van der Waals surface area (Å²) in [4.78, 5) is 21.3. The van der Waals surface area contributed by atoms with Gasteiger partial charge < -0.3 is 20.4 Å². The Morgan fingerprint density at radius 2 is 2.04 bits per heavy atom. The standard InChI is InChI=1S/C22H35N5O/c1-2-23-22(24-14-9-16-26-15-8-4-7-12-21(26)28)25-19-13-17-27(18-19)20-10-5-3-6-11-20/h3,5-6,10-11,19H,2,4,7-9,12-18H2,1H3,(H2,23,24,25). The van der Waals surface area contributed by atoms with E-state index in [4.69, 9.17) is 4.99 Å². The van der Waals surface area contributed by atoms with Crippen molar-refractivity contribution >= 4 is 17.6 Å². The summed E-state index contributed by atoms with van der Waals surface area (Å²) >= 11 is 0. The Morgan fingerprint density at radius 1 is 1.18 bits per heavy atom. The van der Waals surface area contributed by atoms with Gasteiger partial charge in [0.2, 0.25) is 5.91 Å². The third-order valence-electron chi connectivity index (χ3n) is 5.52. The van der Waals surface area contributed by atoms with E-state index in [1.54, 1.807) is 0 Å². The Labute approximate surface area is 169 Å². The van der Waals surface area contributed by atoms with E-state index in [9.17, 15) is 4.79 Å². The summed E-state index contributed by atoms with van der Waals surface area (Å²) in [5, 5.41) is 6.95. The molecule has 1 aromatic carbocycles. The van der Waals surface area contributed by atoms with E-state index in [-0.39, 0.29) is 0 Å². The largest absolute Gasteiger partial charge is 0.369 e. The number of likely N-dealkylation sites (tertiary alicyclic amines) is 1. The van der Waals surface area contributed by atoms with Gasteiger partial charge in [-0.1, -0.05) is 24.6 Å². The molecule has 2 fully saturated rings. The van der Waals surface area contributed by atoms with Crippen LogP contribution in [0.4, 0.5) is 5.69 Å². The summed E-state index contributed by atoms with van der Waals surface area (Å²) in [6.07, 6.45) is 6.11. The Kier molecular flexibility index (Phi) is 8.00. The number of amides is 1. The van der Waals surface area contributed by atoms with E-state index >= 15 is 0 Å². The van der Waals surface area contributed by atoms with Gasteiger partial charge in [-0.05, 0) is 44.7 Å². The molecule has 1 unspecified atom stereocenters. The predicted octanol–water partition coefficient (Wildman–Crippen LogP) is 2.61. The lowest BCUT2D eigenvalue weighted by Gasteiger charge is -2.21. The maximum Gasteiger partial charge on any atom is 0.222 e. The number of nitrogens with zero attached hydrogens (tertiary/aromatic N) is 3. The van der Waals surface area contributed by atoms with E-state index in [1.807, 2.05) is 4.90 Å². The smallest absolute Gasteiger partial charge is 0.222 e. The topological polar surface area (TPSA) is 60.0 Å². The van der Waals surface area contributed by atoms with E-state index in [1.165, 1.54) is 12.1 Å². The first-order chi connectivity index (χ1) is 13.8. The van der Waals surface area contributed by atoms with Crippen LogP contribution in [0.15, 0.2) is 35.3 Å². The van der Waals surface area contributed by atoms with Gasteiger partial charge in [-0.3, -0.25) is 9.79 Å². The Hall–Kier alpha value is -2.24. The number of para-hydroxylation sites is 1. The minimum Gasteiger partial charge on any atom is -0.369 e. The van der Waals surface area contributed by atoms with Crippen LogP contribution in [0, 0.1) is 0 Å². The molecule has 28 heavy (non-hydrogen) atoms. The van der Waals surface area contributed by atoms with Gasteiger partial charge in [0.05, 0.1) is 0 Å². The van der Waals surface area contributed by atoms with E-state index in [2.05, 4.69) is 52.8 Å². The molecule has 154 valence electrons. The molecule has 2 aliphatic rings. The molecule has 0 spiro atoms. The number of carbonyl (C=O) groups excluding carboxylic acids is 1. The Bertz CT molecular complexity index is 633. The highest BCUT2D eigenvalue weighted by Gasteiger charge is 2.23. The van der Waals surface area contributed by atoms with Crippen LogP contribution in [-0.4, -0.2) is 62.1 Å². The quantitative estimate of drug-likeness (QED) is 0.430. The number of aliphatic imine (C=N–C) groups is 1. The summed E-state index contributed by atoms with van der Waals surface area (Å²) in [7, 11) is 0. The van der Waals surface area contributed by atoms with Crippen LogP contribution in [-0.2, 0) is 4.79 Å². The van der Waals surface area contributed by atoms with Crippen LogP contribution in [0.1, 0.15) is 45.4 Å². The van der Waals surface area contributed by atoms with Crippen molar-refractivity contribution in [2.45, 2.75) is 51.5 Å². The third kappa shape index (κ3) is 6.14. The van der Waals surface area contributed by atoms with Gasteiger partial charge in [0.25, 0.3) is 0 Å². The van der Waals surface area contributed by atoms with E-state index in [0.717, 1.165) is 70.9 Å². The van der Waals surface area contributed by atoms with Gasteiger partial charge in [-0.25, -0.2) is 0 Å². The molecule has 1 atom stereocenters. The molecule has 2 N–H and O–H groups in total. The molecule has 1 amide bonds. The van der Waals surface area contributed by atoms with Gasteiger partial charge in [0.1, 0.15) is 0 Å². The van der Waals surface area contributed by atoms with Crippen molar-refractivity contribution in [2.75, 3.05) is 44.2 Å². The molecule has 0 radical (unpaired) electrons. The minimum atomic E-state index is 0.318. The van der Waals surface area contributed by atoms with Crippen LogP contribution in [0.2, 0.25) is 0 Å². The maximum absolute atomic E-state index is 12.1. The SMILES string of the molecule is CCNC(=NCCCN1CCCCCC1=O)NC1CCN(c2ccccc2)C1. The molecule has 6 nitrogen and oxygen atoms in total. The maximum atomic E-state index is 12.1. The molecule has 1 aromatic rings. The Morgan fingerprint density at radius 3 is 2.86 bits per heavy atom. The van der Waals surface area contributed by atoms with Crippen LogP contribution in [0.3, 0.4) is 0 Å². The highest BCUT2D eigenvalue weighted by molar-refractivity contribution is 5.80. The number of hydrogen-bond donors (Lipinski definition) is 2. The second-order valence-electron chi connectivity index (χ2n) is 7.72. The van der Waals surface area contributed by atoms with Crippen molar-refractivity contribution in [3.63, 3.8) is 0 Å². The fourth-order valence-electron chi connectivity index (χ4n) is 3.99. The molecule has 6 heteroatoms. The van der Waals surface area contributed by atoms with Crippen molar-refractivity contribution in [3.05, 3.63) is 30.3 Å². The zero-order valence-corrected chi connectivity index (χ0v) is 17.2. The average molecular weight is 386 g/mol. The van der Waals surface area contributed by atoms with Crippen molar-refractivity contribution in [3.8, 4) is 0 Å². The second kappa shape index (κ2) is 10.9. The van der Waals surface area contributed by atoms with Gasteiger partial charge in [-0.15, -0.1) is 0 Å². The van der Waals surface area contributed by atoms with Gasteiger partial charge >= 0.3 is 0 Å². The van der Waals surface area contributed by atoms with Gasteiger partial charge in [0, 0.05) is 57.4 Å². The molecule has 0 bridgehead atoms. The molecule has 0 aliphatic carbocycles. The monoisotopic (exact) mass is 385 g/mol. The van der Waals surface area contributed by atoms with Crippen molar-refractivity contribution in [2.24, 2.45) is 4.99 Å². The van der Waals surface area contributed by atoms with Crippen LogP contribution in [0.5, 0.6) is 0 Å². The first kappa shape index (κ1) is 20.5. The van der Waals surface area contributed by atoms with Crippen LogP contribution < -0.4 is 15.5 Å². The summed E-state index contributed by atoms with van der Waals surface area (Å²) in [5.74, 6) is 1.21. The summed E-state index contributed by atoms with van der Waals surface area (Å²) in [6.45, 7) is 7.50. The highest BCUT2D eigenvalue weighted by Crippen LogP contribution is 2.19. The van der Waals surface area contributed by atoms with Crippen molar-refractivity contribution < 1.29 is 4.79 Å². The van der Waals surface area contributed by atoms with Crippen LogP contribution in [0.25, 0.3) is 0 Å². The first-order valence-corrected chi connectivity index (χ1v) is 10.9. The second-order valence-corrected chi connectivity index (χ2v) is 7.72. The van der Waals surface area contributed by atoms with E-state index in [0.29, 0.717) is 18.4 Å². The number of guanidine groups is 1. The summed E-state index contributed by atoms with van der Waals surface area (Å²) in [6, 6.07) is 11.0. The normalized spacial score (nSPS) is 21.0. The first-order valence-electron chi connectivity index (χ1n) is 10.9. The zero-order chi connectivity index (χ0) is 19.6. The molecule has 3 rings (SSSR count). The lowest BCUT2D eigenvalue weighted by molar-refractivity contribution is -0.130. The molecular formula is C22H35N5O. The number of benzene rings is 1. The van der Waals surface area contributed by atoms with Gasteiger partial charge in [-0.2, -0.15) is 0 Å². The predicted molar refractivity (Wildman–Crippen MR) is 116 cm³/mol. The molecule has 2 saturated heterocycles. The number of hydrogen-bond acceptors (Lipinski definition) is 3. The fraction of sp³-hybridized carbons (Fsp3) is 0.636.